The Morgan fingerprint density at radius 3 is 2.31 bits per heavy atom. The molecule has 5 heteroatoms. The predicted molar refractivity (Wildman–Crippen MR) is 55.3 cm³/mol. The molecule has 0 fully saturated rings. The fourth-order valence-corrected chi connectivity index (χ4v) is 1.82. The molecule has 0 amide bonds. The Morgan fingerprint density at radius 2 is 2.00 bits per heavy atom. The quantitative estimate of drug-likeness (QED) is 0.240. The summed E-state index contributed by atoms with van der Waals surface area (Å²) >= 11 is 5.60. The van der Waals surface area contributed by atoms with Crippen molar-refractivity contribution < 1.29 is 14.0 Å². The molecule has 0 N–H and O–H groups in total. The van der Waals surface area contributed by atoms with E-state index in [1.807, 2.05) is 19.6 Å². The second-order valence-electron chi connectivity index (χ2n) is 3.48. The first-order chi connectivity index (χ1) is 5.89. The molecule has 0 aromatic heterocycles. The molecule has 0 aliphatic heterocycles. The van der Waals surface area contributed by atoms with Crippen LogP contribution in [0.3, 0.4) is 0 Å². The predicted octanol–water partition coefficient (Wildman–Crippen LogP) is 2.13. The van der Waals surface area contributed by atoms with Crippen molar-refractivity contribution in [2.45, 2.75) is 19.6 Å². The molecule has 0 atom stereocenters. The third kappa shape index (κ3) is 6.66. The summed E-state index contributed by atoms with van der Waals surface area (Å²) in [6, 6.07) is 0. The van der Waals surface area contributed by atoms with Crippen molar-refractivity contribution in [3.63, 3.8) is 0 Å². The Morgan fingerprint density at radius 1 is 1.46 bits per heavy atom. The summed E-state index contributed by atoms with van der Waals surface area (Å²) in [7, 11) is -0.363. The van der Waals surface area contributed by atoms with Gasteiger partial charge in [0.25, 0.3) is 0 Å². The minimum absolute atomic E-state index is 0.194. The second-order valence-corrected chi connectivity index (χ2v) is 8.18. The van der Waals surface area contributed by atoms with Gasteiger partial charge < -0.3 is 9.16 Å². The maximum absolute atomic E-state index is 10.8. The van der Waals surface area contributed by atoms with Crippen LogP contribution < -0.4 is 0 Å². The Bertz CT molecular complexity index is 208. The molecule has 0 aromatic carbocycles. The van der Waals surface area contributed by atoms with Gasteiger partial charge in [-0.2, -0.15) is 0 Å². The highest BCUT2D eigenvalue weighted by atomic mass is 35.5. The van der Waals surface area contributed by atoms with Crippen LogP contribution in [0.25, 0.3) is 0 Å². The molecular formula is C8H15ClO3Si. The van der Waals surface area contributed by atoms with Gasteiger partial charge in [-0.25, -0.2) is 4.79 Å². The standard InChI is InChI=1S/C8H15ClO3Si/c1-11-8(10)5-7(6-9)12-13(2,3)4/h5H,6H2,1-4H3/b7-5-. The van der Waals surface area contributed by atoms with E-state index in [1.165, 1.54) is 13.2 Å². The lowest BCUT2D eigenvalue weighted by Crippen LogP contribution is -2.25. The van der Waals surface area contributed by atoms with Crippen molar-refractivity contribution in [3.05, 3.63) is 11.8 Å². The van der Waals surface area contributed by atoms with Crippen LogP contribution in [0, 0.1) is 0 Å². The average molecular weight is 223 g/mol. The number of halogens is 1. The molecular weight excluding hydrogens is 208 g/mol. The maximum atomic E-state index is 10.8. The molecule has 0 aromatic rings. The Labute approximate surface area is 84.8 Å². The Kier molecular flexibility index (Phi) is 5.09. The zero-order valence-electron chi connectivity index (χ0n) is 8.39. The normalized spacial score (nSPS) is 12.5. The van der Waals surface area contributed by atoms with Crippen molar-refractivity contribution in [2.24, 2.45) is 0 Å². The number of allylic oxidation sites excluding steroid dienone is 1. The Balaban J connectivity index is 4.34. The number of carbonyl (C=O) groups is 1. The maximum Gasteiger partial charge on any atom is 0.333 e. The highest BCUT2D eigenvalue weighted by molar-refractivity contribution is 6.70. The van der Waals surface area contributed by atoms with Gasteiger partial charge in [0.2, 0.25) is 8.32 Å². The molecule has 0 spiro atoms. The molecule has 0 saturated heterocycles. The molecule has 0 heterocycles. The van der Waals surface area contributed by atoms with E-state index in [4.69, 9.17) is 16.0 Å². The number of alkyl halides is 1. The van der Waals surface area contributed by atoms with Crippen LogP contribution in [0.2, 0.25) is 19.6 Å². The molecule has 0 radical (unpaired) electrons. The van der Waals surface area contributed by atoms with Gasteiger partial charge in [-0.05, 0) is 19.6 Å². The van der Waals surface area contributed by atoms with Gasteiger partial charge in [-0.1, -0.05) is 0 Å². The highest BCUT2D eigenvalue weighted by Gasteiger charge is 2.17. The molecule has 76 valence electrons. The van der Waals surface area contributed by atoms with Crippen molar-refractivity contribution in [2.75, 3.05) is 13.0 Å². The lowest BCUT2D eigenvalue weighted by Gasteiger charge is -2.20. The Hall–Kier alpha value is -0.483. The third-order valence-electron chi connectivity index (χ3n) is 1.05. The number of rotatable bonds is 4. The average Bonchev–Trinajstić information content (AvgIpc) is 2.00. The van der Waals surface area contributed by atoms with Crippen molar-refractivity contribution >= 4 is 25.9 Å². The van der Waals surface area contributed by atoms with Crippen LogP contribution in [-0.2, 0) is 14.0 Å². The lowest BCUT2D eigenvalue weighted by atomic mass is 10.5. The summed E-state index contributed by atoms with van der Waals surface area (Å²) in [5.41, 5.74) is 0. The smallest absolute Gasteiger partial charge is 0.333 e. The van der Waals surface area contributed by atoms with Gasteiger partial charge in [-0.3, -0.25) is 0 Å². The monoisotopic (exact) mass is 222 g/mol. The summed E-state index contributed by atoms with van der Waals surface area (Å²) in [6.45, 7) is 6.06. The zero-order chi connectivity index (χ0) is 10.5. The molecule has 0 aliphatic carbocycles. The number of ether oxygens (including phenoxy) is 1. The largest absolute Gasteiger partial charge is 0.546 e. The van der Waals surface area contributed by atoms with Crippen LogP contribution >= 0.6 is 11.6 Å². The fourth-order valence-electron chi connectivity index (χ4n) is 0.679. The lowest BCUT2D eigenvalue weighted by molar-refractivity contribution is -0.135. The van der Waals surface area contributed by atoms with Crippen molar-refractivity contribution in [1.82, 2.24) is 0 Å². The molecule has 0 unspecified atom stereocenters. The van der Waals surface area contributed by atoms with Crippen molar-refractivity contribution in [1.29, 1.82) is 0 Å². The molecule has 0 rings (SSSR count). The number of hydrogen-bond donors (Lipinski definition) is 0. The van der Waals surface area contributed by atoms with E-state index in [9.17, 15) is 4.79 Å². The van der Waals surface area contributed by atoms with E-state index in [2.05, 4.69) is 4.74 Å². The van der Waals surface area contributed by atoms with Gasteiger partial charge in [0.05, 0.1) is 19.1 Å². The van der Waals surface area contributed by atoms with E-state index in [1.54, 1.807) is 0 Å². The fraction of sp³-hybridized carbons (Fsp3) is 0.625. The van der Waals surface area contributed by atoms with Crippen LogP contribution in [0.15, 0.2) is 11.8 Å². The van der Waals surface area contributed by atoms with Gasteiger partial charge >= 0.3 is 5.97 Å². The SMILES string of the molecule is COC(=O)/C=C(/CCl)O[Si](C)(C)C. The minimum atomic E-state index is -1.68. The van der Waals surface area contributed by atoms with Gasteiger partial charge in [-0.15, -0.1) is 11.6 Å². The summed E-state index contributed by atoms with van der Waals surface area (Å²) in [6.07, 6.45) is 1.28. The van der Waals surface area contributed by atoms with Crippen LogP contribution in [0.1, 0.15) is 0 Å². The highest BCUT2D eigenvalue weighted by Crippen LogP contribution is 2.11. The first-order valence-electron chi connectivity index (χ1n) is 3.92. The molecule has 3 nitrogen and oxygen atoms in total. The number of hydrogen-bond acceptors (Lipinski definition) is 3. The first-order valence-corrected chi connectivity index (χ1v) is 7.87. The molecule has 0 aliphatic rings. The summed E-state index contributed by atoms with van der Waals surface area (Å²) < 4.78 is 9.99. The van der Waals surface area contributed by atoms with Crippen molar-refractivity contribution in [3.8, 4) is 0 Å². The van der Waals surface area contributed by atoms with Gasteiger partial charge in [0.1, 0.15) is 5.76 Å². The van der Waals surface area contributed by atoms with Crippen LogP contribution in [0.4, 0.5) is 0 Å². The molecule has 0 saturated carbocycles. The van der Waals surface area contributed by atoms with Gasteiger partial charge in [0.15, 0.2) is 0 Å². The number of carbonyl (C=O) groups excluding carboxylic acids is 1. The van der Waals surface area contributed by atoms with E-state index in [0.29, 0.717) is 5.76 Å². The third-order valence-corrected chi connectivity index (χ3v) is 2.19. The minimum Gasteiger partial charge on any atom is -0.546 e. The van der Waals surface area contributed by atoms with E-state index in [-0.39, 0.29) is 5.88 Å². The summed E-state index contributed by atoms with van der Waals surface area (Å²) in [5.74, 6) is 0.237. The zero-order valence-corrected chi connectivity index (χ0v) is 10.1. The number of methoxy groups -OCH3 is 1. The van der Waals surface area contributed by atoms with E-state index in [0.717, 1.165) is 0 Å². The summed E-state index contributed by atoms with van der Waals surface area (Å²) in [5, 5.41) is 0. The van der Waals surface area contributed by atoms with Gasteiger partial charge in [0, 0.05) is 0 Å². The van der Waals surface area contributed by atoms with Crippen LogP contribution in [0.5, 0.6) is 0 Å². The topological polar surface area (TPSA) is 35.5 Å². The molecule has 13 heavy (non-hydrogen) atoms. The second kappa shape index (κ2) is 5.29. The summed E-state index contributed by atoms with van der Waals surface area (Å²) in [4.78, 5) is 10.8. The van der Waals surface area contributed by atoms with Crippen LogP contribution in [-0.4, -0.2) is 27.3 Å². The van der Waals surface area contributed by atoms with E-state index < -0.39 is 14.3 Å². The number of esters is 1. The van der Waals surface area contributed by atoms with E-state index >= 15 is 0 Å². The molecule has 0 bridgehead atoms. The first kappa shape index (κ1) is 12.5.